The molecule has 1 aromatic rings. The lowest BCUT2D eigenvalue weighted by molar-refractivity contribution is -0.130. The zero-order valence-electron chi connectivity index (χ0n) is 13.2. The van der Waals surface area contributed by atoms with Crippen LogP contribution in [0.2, 0.25) is 0 Å². The van der Waals surface area contributed by atoms with Gasteiger partial charge in [0.05, 0.1) is 0 Å². The zero-order valence-corrected chi connectivity index (χ0v) is 13.2. The molecule has 3 rings (SSSR count). The van der Waals surface area contributed by atoms with Gasteiger partial charge in [-0.25, -0.2) is 9.40 Å². The quantitative estimate of drug-likeness (QED) is 0.856. The van der Waals surface area contributed by atoms with Gasteiger partial charge in [0.2, 0.25) is 5.91 Å². The molecule has 2 aliphatic rings. The van der Waals surface area contributed by atoms with E-state index in [4.69, 9.17) is 0 Å². The molecule has 1 unspecified atom stereocenters. The lowest BCUT2D eigenvalue weighted by Crippen LogP contribution is -2.43. The molecule has 23 heavy (non-hydrogen) atoms. The maximum atomic E-state index is 13.3. The van der Waals surface area contributed by atoms with Crippen LogP contribution in [0.4, 0.5) is 4.39 Å². The van der Waals surface area contributed by atoms with E-state index in [1.165, 1.54) is 17.1 Å². The Balaban J connectivity index is 1.72. The Morgan fingerprint density at radius 3 is 2.96 bits per heavy atom. The first-order valence-corrected chi connectivity index (χ1v) is 7.94. The first-order chi connectivity index (χ1) is 11.0. The molecule has 0 aliphatic carbocycles. The molecule has 1 aromatic carbocycles. The predicted molar refractivity (Wildman–Crippen MR) is 84.3 cm³/mol. The molecular formula is C17H20FN3O2. The van der Waals surface area contributed by atoms with Gasteiger partial charge in [-0.3, -0.25) is 9.59 Å². The summed E-state index contributed by atoms with van der Waals surface area (Å²) in [4.78, 5) is 26.0. The molecule has 0 N–H and O–H groups in total. The van der Waals surface area contributed by atoms with Crippen LogP contribution >= 0.6 is 0 Å². The zero-order chi connectivity index (χ0) is 16.4. The summed E-state index contributed by atoms with van der Waals surface area (Å²) in [6.45, 7) is 0.690. The number of hydrogen-bond donors (Lipinski definition) is 0. The summed E-state index contributed by atoms with van der Waals surface area (Å²) in [5, 5.41) is 5.36. The van der Waals surface area contributed by atoms with Crippen LogP contribution in [0.5, 0.6) is 0 Å². The highest BCUT2D eigenvalue weighted by atomic mass is 19.1. The molecule has 2 heterocycles. The van der Waals surface area contributed by atoms with Crippen LogP contribution < -0.4 is 0 Å². The van der Waals surface area contributed by atoms with Crippen LogP contribution in [0, 0.1) is 5.82 Å². The van der Waals surface area contributed by atoms with Crippen LogP contribution in [0.3, 0.4) is 0 Å². The van der Waals surface area contributed by atoms with Gasteiger partial charge in [-0.05, 0) is 37.0 Å². The summed E-state index contributed by atoms with van der Waals surface area (Å²) in [5.41, 5.74) is 1.34. The Morgan fingerprint density at radius 2 is 2.22 bits per heavy atom. The standard InChI is InChI=1S/C17H20FN3O2/c1-20-16(22)8-7-15(19-20)17(23)21-9-3-6-14(21)11-12-4-2-5-13(18)10-12/h2,4-5,10,14H,3,6-9,11H2,1H3. The molecule has 2 aliphatic heterocycles. The van der Waals surface area contributed by atoms with Gasteiger partial charge in [0.25, 0.3) is 5.91 Å². The van der Waals surface area contributed by atoms with Crippen LogP contribution in [0.1, 0.15) is 31.2 Å². The fourth-order valence-corrected chi connectivity index (χ4v) is 3.24. The lowest BCUT2D eigenvalue weighted by atomic mass is 10.0. The summed E-state index contributed by atoms with van der Waals surface area (Å²) in [7, 11) is 1.57. The van der Waals surface area contributed by atoms with Crippen molar-refractivity contribution in [2.24, 2.45) is 5.10 Å². The number of benzene rings is 1. The van der Waals surface area contributed by atoms with Crippen LogP contribution in [0.25, 0.3) is 0 Å². The highest BCUT2D eigenvalue weighted by molar-refractivity contribution is 6.39. The van der Waals surface area contributed by atoms with Crippen LogP contribution in [-0.4, -0.2) is 47.1 Å². The van der Waals surface area contributed by atoms with Crippen molar-refractivity contribution in [1.29, 1.82) is 0 Å². The van der Waals surface area contributed by atoms with E-state index in [-0.39, 0.29) is 23.7 Å². The van der Waals surface area contributed by atoms with Crippen molar-refractivity contribution >= 4 is 17.5 Å². The van der Waals surface area contributed by atoms with Crippen molar-refractivity contribution in [3.63, 3.8) is 0 Å². The van der Waals surface area contributed by atoms with Crippen molar-refractivity contribution < 1.29 is 14.0 Å². The molecule has 1 atom stereocenters. The van der Waals surface area contributed by atoms with E-state index in [9.17, 15) is 14.0 Å². The molecule has 0 radical (unpaired) electrons. The highest BCUT2D eigenvalue weighted by Crippen LogP contribution is 2.23. The fraction of sp³-hybridized carbons (Fsp3) is 0.471. The van der Waals surface area contributed by atoms with Crippen LogP contribution in [-0.2, 0) is 16.0 Å². The molecule has 1 fully saturated rings. The van der Waals surface area contributed by atoms with Gasteiger partial charge in [-0.2, -0.15) is 5.10 Å². The number of nitrogens with zero attached hydrogens (tertiary/aromatic N) is 3. The maximum absolute atomic E-state index is 13.3. The lowest BCUT2D eigenvalue weighted by Gasteiger charge is -2.27. The second-order valence-electron chi connectivity index (χ2n) is 6.09. The predicted octanol–water partition coefficient (Wildman–Crippen LogP) is 1.97. The van der Waals surface area contributed by atoms with E-state index in [0.717, 1.165) is 18.4 Å². The highest BCUT2D eigenvalue weighted by Gasteiger charge is 2.33. The van der Waals surface area contributed by atoms with Crippen molar-refractivity contribution in [2.75, 3.05) is 13.6 Å². The van der Waals surface area contributed by atoms with Gasteiger partial charge in [0.15, 0.2) is 0 Å². The SMILES string of the molecule is CN1N=C(C(=O)N2CCCC2Cc2cccc(F)c2)CCC1=O. The second-order valence-corrected chi connectivity index (χ2v) is 6.09. The fourth-order valence-electron chi connectivity index (χ4n) is 3.24. The molecule has 0 saturated carbocycles. The summed E-state index contributed by atoms with van der Waals surface area (Å²) in [6, 6.07) is 6.58. The van der Waals surface area contributed by atoms with E-state index in [2.05, 4.69) is 5.10 Å². The molecule has 5 nitrogen and oxygen atoms in total. The minimum absolute atomic E-state index is 0.0648. The molecule has 0 spiro atoms. The smallest absolute Gasteiger partial charge is 0.270 e. The molecule has 0 aromatic heterocycles. The number of carbonyl (C=O) groups is 2. The topological polar surface area (TPSA) is 53.0 Å². The van der Waals surface area contributed by atoms with Gasteiger partial charge in [0.1, 0.15) is 11.5 Å². The van der Waals surface area contributed by atoms with E-state index in [1.807, 2.05) is 11.0 Å². The number of hydrazone groups is 1. The number of amides is 2. The summed E-state index contributed by atoms with van der Waals surface area (Å²) >= 11 is 0. The van der Waals surface area contributed by atoms with Crippen LogP contribution in [0.15, 0.2) is 29.4 Å². The summed E-state index contributed by atoms with van der Waals surface area (Å²) < 4.78 is 13.3. The molecule has 2 amide bonds. The Hall–Kier alpha value is -2.24. The number of carbonyl (C=O) groups excluding carboxylic acids is 2. The average molecular weight is 317 g/mol. The Bertz CT molecular complexity index is 659. The number of hydrogen-bond acceptors (Lipinski definition) is 3. The van der Waals surface area contributed by atoms with Gasteiger partial charge >= 0.3 is 0 Å². The molecule has 1 saturated heterocycles. The number of rotatable bonds is 3. The molecule has 122 valence electrons. The monoisotopic (exact) mass is 317 g/mol. The Morgan fingerprint density at radius 1 is 1.39 bits per heavy atom. The third-order valence-corrected chi connectivity index (χ3v) is 4.45. The largest absolute Gasteiger partial charge is 0.334 e. The van der Waals surface area contributed by atoms with Crippen molar-refractivity contribution in [2.45, 2.75) is 38.1 Å². The average Bonchev–Trinajstić information content (AvgIpc) is 2.97. The normalized spacial score (nSPS) is 21.6. The van der Waals surface area contributed by atoms with Gasteiger partial charge in [-0.1, -0.05) is 12.1 Å². The van der Waals surface area contributed by atoms with Crippen molar-refractivity contribution in [3.8, 4) is 0 Å². The number of halogens is 1. The van der Waals surface area contributed by atoms with Gasteiger partial charge < -0.3 is 4.90 Å². The number of likely N-dealkylation sites (tertiary alicyclic amines) is 1. The first-order valence-electron chi connectivity index (χ1n) is 7.94. The van der Waals surface area contributed by atoms with E-state index < -0.39 is 0 Å². The molecule has 6 heteroatoms. The molecule has 0 bridgehead atoms. The van der Waals surface area contributed by atoms with E-state index in [0.29, 0.717) is 31.5 Å². The third-order valence-electron chi connectivity index (χ3n) is 4.45. The second kappa shape index (κ2) is 6.48. The third kappa shape index (κ3) is 3.41. The Labute approximate surface area is 134 Å². The maximum Gasteiger partial charge on any atom is 0.270 e. The first kappa shape index (κ1) is 15.6. The minimum Gasteiger partial charge on any atom is -0.334 e. The molecular weight excluding hydrogens is 297 g/mol. The summed E-state index contributed by atoms with van der Waals surface area (Å²) in [5.74, 6) is -0.419. The Kier molecular flexibility index (Phi) is 4.41. The van der Waals surface area contributed by atoms with E-state index >= 15 is 0 Å². The van der Waals surface area contributed by atoms with Gasteiger partial charge in [0, 0.05) is 32.5 Å². The minimum atomic E-state index is -0.254. The van der Waals surface area contributed by atoms with Crippen molar-refractivity contribution in [3.05, 3.63) is 35.6 Å². The van der Waals surface area contributed by atoms with E-state index in [1.54, 1.807) is 13.1 Å². The van der Waals surface area contributed by atoms with Gasteiger partial charge in [-0.15, -0.1) is 0 Å². The summed E-state index contributed by atoms with van der Waals surface area (Å²) in [6.07, 6.45) is 3.21. The van der Waals surface area contributed by atoms with Crippen molar-refractivity contribution in [1.82, 2.24) is 9.91 Å².